The zero-order valence-electron chi connectivity index (χ0n) is 12.2. The molecule has 0 amide bonds. The number of likely N-dealkylation sites (N-methyl/N-ethyl adjacent to an activating group) is 1. The summed E-state index contributed by atoms with van der Waals surface area (Å²) in [5.41, 5.74) is 2.47. The van der Waals surface area contributed by atoms with Crippen molar-refractivity contribution in [1.29, 1.82) is 0 Å². The monoisotopic (exact) mass is 300 g/mol. The predicted molar refractivity (Wildman–Crippen MR) is 87.7 cm³/mol. The molecule has 21 heavy (non-hydrogen) atoms. The summed E-state index contributed by atoms with van der Waals surface area (Å²) in [6.45, 7) is 2.64. The third kappa shape index (κ3) is 3.82. The number of guanidine groups is 1. The second kappa shape index (κ2) is 6.72. The summed E-state index contributed by atoms with van der Waals surface area (Å²) in [5.74, 6) is 0.980. The minimum atomic E-state index is 0.755. The van der Waals surface area contributed by atoms with Crippen LogP contribution in [-0.2, 0) is 19.4 Å². The molecule has 0 bridgehead atoms. The zero-order valence-corrected chi connectivity index (χ0v) is 13.1. The number of nitrogens with one attached hydrogen (secondary N) is 1. The van der Waals surface area contributed by atoms with Gasteiger partial charge in [0.25, 0.3) is 0 Å². The topological polar surface area (TPSA) is 40.5 Å². The van der Waals surface area contributed by atoms with Gasteiger partial charge < -0.3 is 10.2 Å². The first-order valence-electron chi connectivity index (χ1n) is 7.28. The number of aliphatic imine (C=N–C) groups is 1. The Morgan fingerprint density at radius 3 is 2.86 bits per heavy atom. The van der Waals surface area contributed by atoms with Crippen molar-refractivity contribution in [2.24, 2.45) is 4.99 Å². The Hall–Kier alpha value is -1.88. The summed E-state index contributed by atoms with van der Waals surface area (Å²) < 4.78 is 0. The predicted octanol–water partition coefficient (Wildman–Crippen LogP) is 2.32. The molecule has 2 aromatic rings. The summed E-state index contributed by atoms with van der Waals surface area (Å²) in [6.07, 6.45) is 2.06. The van der Waals surface area contributed by atoms with Gasteiger partial charge >= 0.3 is 0 Å². The number of nitrogens with zero attached hydrogens (tertiary/aromatic N) is 3. The van der Waals surface area contributed by atoms with E-state index in [-0.39, 0.29) is 0 Å². The van der Waals surface area contributed by atoms with E-state index in [1.807, 2.05) is 0 Å². The molecule has 110 valence electrons. The lowest BCUT2D eigenvalue weighted by Crippen LogP contribution is -2.35. The van der Waals surface area contributed by atoms with Gasteiger partial charge in [-0.05, 0) is 12.0 Å². The third-order valence-electron chi connectivity index (χ3n) is 3.56. The minimum absolute atomic E-state index is 0.755. The molecule has 0 fully saturated rings. The smallest absolute Gasteiger partial charge is 0.194 e. The lowest BCUT2D eigenvalue weighted by atomic mass is 10.1. The standard InChI is InChI=1S/C16H20N4S/c1-20-10-9-17-16(20)18-11-14-12-21-15(19-14)8-7-13-5-3-2-4-6-13/h2-6,12H,7-11H2,1H3,(H,17,18). The molecule has 0 radical (unpaired) electrons. The van der Waals surface area contributed by atoms with Gasteiger partial charge in [0.15, 0.2) is 5.96 Å². The van der Waals surface area contributed by atoms with Crippen LogP contribution in [0.25, 0.3) is 0 Å². The second-order valence-corrected chi connectivity index (χ2v) is 6.14. The minimum Gasteiger partial charge on any atom is -0.351 e. The summed E-state index contributed by atoms with van der Waals surface area (Å²) in [6, 6.07) is 10.6. The van der Waals surface area contributed by atoms with E-state index >= 15 is 0 Å². The molecule has 5 heteroatoms. The maximum atomic E-state index is 4.69. The highest BCUT2D eigenvalue weighted by Gasteiger charge is 2.12. The lowest BCUT2D eigenvalue weighted by molar-refractivity contribution is 0.533. The largest absolute Gasteiger partial charge is 0.351 e. The maximum absolute atomic E-state index is 4.69. The maximum Gasteiger partial charge on any atom is 0.194 e. The van der Waals surface area contributed by atoms with Crippen LogP contribution in [0.1, 0.15) is 16.3 Å². The highest BCUT2D eigenvalue weighted by molar-refractivity contribution is 7.09. The van der Waals surface area contributed by atoms with Gasteiger partial charge in [0.1, 0.15) is 0 Å². The molecule has 1 aliphatic heterocycles. The molecule has 0 saturated carbocycles. The third-order valence-corrected chi connectivity index (χ3v) is 4.51. The molecule has 1 aliphatic rings. The van der Waals surface area contributed by atoms with Crippen molar-refractivity contribution >= 4 is 17.3 Å². The van der Waals surface area contributed by atoms with Crippen LogP contribution in [0.5, 0.6) is 0 Å². The second-order valence-electron chi connectivity index (χ2n) is 5.20. The Labute approximate surface area is 129 Å². The van der Waals surface area contributed by atoms with Crippen LogP contribution in [0.4, 0.5) is 0 Å². The van der Waals surface area contributed by atoms with Crippen LogP contribution in [-0.4, -0.2) is 36.0 Å². The van der Waals surface area contributed by atoms with E-state index in [2.05, 4.69) is 58.0 Å². The molecule has 3 rings (SSSR count). The van der Waals surface area contributed by atoms with Gasteiger partial charge in [-0.25, -0.2) is 4.98 Å². The van der Waals surface area contributed by atoms with Crippen molar-refractivity contribution in [2.45, 2.75) is 19.4 Å². The van der Waals surface area contributed by atoms with Gasteiger partial charge in [0, 0.05) is 25.4 Å². The van der Waals surface area contributed by atoms with E-state index in [0.29, 0.717) is 0 Å². The number of thiazole rings is 1. The van der Waals surface area contributed by atoms with Gasteiger partial charge in [-0.2, -0.15) is 0 Å². The van der Waals surface area contributed by atoms with Crippen LogP contribution < -0.4 is 5.32 Å². The average molecular weight is 300 g/mol. The highest BCUT2D eigenvalue weighted by Crippen LogP contribution is 2.13. The molecule has 1 aromatic carbocycles. The van der Waals surface area contributed by atoms with Crippen molar-refractivity contribution < 1.29 is 0 Å². The summed E-state index contributed by atoms with van der Waals surface area (Å²) >= 11 is 1.75. The van der Waals surface area contributed by atoms with E-state index in [4.69, 9.17) is 4.98 Å². The molecule has 0 unspecified atom stereocenters. The summed E-state index contributed by atoms with van der Waals surface area (Å²) in [5, 5.41) is 6.70. The molecule has 2 heterocycles. The van der Waals surface area contributed by atoms with Gasteiger partial charge in [0.2, 0.25) is 0 Å². The van der Waals surface area contributed by atoms with Crippen molar-refractivity contribution in [3.63, 3.8) is 0 Å². The molecule has 0 aliphatic carbocycles. The summed E-state index contributed by atoms with van der Waals surface area (Å²) in [4.78, 5) is 11.3. The Kier molecular flexibility index (Phi) is 4.50. The zero-order chi connectivity index (χ0) is 14.5. The van der Waals surface area contributed by atoms with E-state index in [1.54, 1.807) is 11.3 Å². The van der Waals surface area contributed by atoms with E-state index in [9.17, 15) is 0 Å². The molecular formula is C16H20N4S. The van der Waals surface area contributed by atoms with E-state index in [1.165, 1.54) is 10.6 Å². The first-order valence-corrected chi connectivity index (χ1v) is 8.16. The van der Waals surface area contributed by atoms with E-state index in [0.717, 1.165) is 44.1 Å². The molecular weight excluding hydrogens is 280 g/mol. The molecule has 0 spiro atoms. The fourth-order valence-electron chi connectivity index (χ4n) is 2.33. The molecule has 0 atom stereocenters. The van der Waals surface area contributed by atoms with Crippen LogP contribution in [0.2, 0.25) is 0 Å². The van der Waals surface area contributed by atoms with E-state index < -0.39 is 0 Å². The van der Waals surface area contributed by atoms with Crippen LogP contribution in [0.15, 0.2) is 40.7 Å². The number of aryl methyl sites for hydroxylation is 2. The van der Waals surface area contributed by atoms with Crippen molar-refractivity contribution in [1.82, 2.24) is 15.2 Å². The average Bonchev–Trinajstić information content (AvgIpc) is 3.13. The summed E-state index contributed by atoms with van der Waals surface area (Å²) in [7, 11) is 2.06. The fourth-order valence-corrected chi connectivity index (χ4v) is 3.13. The van der Waals surface area contributed by atoms with Crippen LogP contribution in [0.3, 0.4) is 0 Å². The number of benzene rings is 1. The molecule has 1 aromatic heterocycles. The van der Waals surface area contributed by atoms with Gasteiger partial charge in [0.05, 0.1) is 23.8 Å². The first kappa shape index (κ1) is 14.1. The SMILES string of the molecule is CN1CCN=C1NCc1csc(CCc2ccccc2)n1. The Bertz CT molecular complexity index is 606. The van der Waals surface area contributed by atoms with Crippen LogP contribution >= 0.6 is 11.3 Å². The fraction of sp³-hybridized carbons (Fsp3) is 0.375. The first-order chi connectivity index (χ1) is 10.3. The molecule has 4 nitrogen and oxygen atoms in total. The lowest BCUT2D eigenvalue weighted by Gasteiger charge is -2.14. The van der Waals surface area contributed by atoms with Crippen molar-refractivity contribution in [2.75, 3.05) is 20.1 Å². The Balaban J connectivity index is 1.49. The Morgan fingerprint density at radius 2 is 2.10 bits per heavy atom. The number of rotatable bonds is 5. The quantitative estimate of drug-likeness (QED) is 0.921. The van der Waals surface area contributed by atoms with Gasteiger partial charge in [-0.1, -0.05) is 30.3 Å². The number of aromatic nitrogens is 1. The van der Waals surface area contributed by atoms with Gasteiger partial charge in [-0.15, -0.1) is 11.3 Å². The normalized spacial score (nSPS) is 14.3. The number of hydrogen-bond acceptors (Lipinski definition) is 5. The van der Waals surface area contributed by atoms with Crippen molar-refractivity contribution in [3.05, 3.63) is 52.0 Å². The Morgan fingerprint density at radius 1 is 1.24 bits per heavy atom. The van der Waals surface area contributed by atoms with Crippen molar-refractivity contribution in [3.8, 4) is 0 Å². The highest BCUT2D eigenvalue weighted by atomic mass is 32.1. The van der Waals surface area contributed by atoms with Crippen LogP contribution in [0, 0.1) is 0 Å². The molecule has 0 saturated heterocycles. The van der Waals surface area contributed by atoms with Gasteiger partial charge in [-0.3, -0.25) is 4.99 Å². The number of hydrogen-bond donors (Lipinski definition) is 1. The molecule has 1 N–H and O–H groups in total.